The number of hydrogen-bond acceptors (Lipinski definition) is 6. The fourth-order valence-electron chi connectivity index (χ4n) is 3.50. The van der Waals surface area contributed by atoms with Crippen molar-refractivity contribution in [1.82, 2.24) is 25.1 Å². The number of aryl methyl sites for hydroxylation is 1. The lowest BCUT2D eigenvalue weighted by Crippen LogP contribution is -2.39. The van der Waals surface area contributed by atoms with Gasteiger partial charge in [-0.25, -0.2) is 4.98 Å². The third-order valence-electron chi connectivity index (χ3n) is 4.92. The molecule has 1 aliphatic heterocycles. The Morgan fingerprint density at radius 3 is 2.66 bits per heavy atom. The number of likely N-dealkylation sites (tertiary alicyclic amines) is 1. The van der Waals surface area contributed by atoms with Crippen molar-refractivity contribution in [2.45, 2.75) is 32.2 Å². The number of aromatic amines is 1. The number of carbonyl (C=O) groups excluding carboxylic acids is 1. The summed E-state index contributed by atoms with van der Waals surface area (Å²) in [6.45, 7) is 2.56. The highest BCUT2D eigenvalue weighted by molar-refractivity contribution is 5.92. The Morgan fingerprint density at radius 2 is 1.93 bits per heavy atom. The maximum atomic E-state index is 12.9. The van der Waals surface area contributed by atoms with Gasteiger partial charge >= 0.3 is 0 Å². The van der Waals surface area contributed by atoms with Crippen LogP contribution in [0.25, 0.3) is 0 Å². The Hall–Kier alpha value is -3.42. The number of aromatic nitrogens is 4. The Morgan fingerprint density at radius 1 is 1.14 bits per heavy atom. The molecule has 3 heterocycles. The first kappa shape index (κ1) is 18.9. The van der Waals surface area contributed by atoms with E-state index >= 15 is 0 Å². The molecule has 29 heavy (non-hydrogen) atoms. The number of rotatable bonds is 5. The van der Waals surface area contributed by atoms with E-state index in [4.69, 9.17) is 9.47 Å². The van der Waals surface area contributed by atoms with Crippen LogP contribution in [0.3, 0.4) is 0 Å². The molecule has 0 saturated carbocycles. The van der Waals surface area contributed by atoms with E-state index < -0.39 is 0 Å². The maximum Gasteiger partial charge on any atom is 0.272 e. The summed E-state index contributed by atoms with van der Waals surface area (Å²) >= 11 is 0. The quantitative estimate of drug-likeness (QED) is 0.711. The predicted octanol–water partition coefficient (Wildman–Crippen LogP) is 3.68. The monoisotopic (exact) mass is 393 g/mol. The molecule has 0 aliphatic carbocycles. The molecule has 2 aromatic heterocycles. The summed E-state index contributed by atoms with van der Waals surface area (Å²) in [6, 6.07) is 10.6. The summed E-state index contributed by atoms with van der Waals surface area (Å²) < 4.78 is 11.1. The third kappa shape index (κ3) is 4.21. The number of benzene rings is 1. The number of piperidine rings is 1. The first-order valence-electron chi connectivity index (χ1n) is 9.62. The average Bonchev–Trinajstić information content (AvgIpc) is 3.28. The van der Waals surface area contributed by atoms with Crippen LogP contribution in [0.15, 0.2) is 42.6 Å². The van der Waals surface area contributed by atoms with Crippen LogP contribution >= 0.6 is 0 Å². The van der Waals surface area contributed by atoms with Crippen molar-refractivity contribution in [2.24, 2.45) is 0 Å². The SMILES string of the molecule is COc1ccc(Oc2cc(C)nc(C3CCCCN3C(=O)c3ccn[nH]3)n2)cc1. The van der Waals surface area contributed by atoms with Crippen LogP contribution in [-0.2, 0) is 0 Å². The van der Waals surface area contributed by atoms with Crippen molar-refractivity contribution in [3.8, 4) is 17.4 Å². The molecule has 1 atom stereocenters. The zero-order valence-corrected chi connectivity index (χ0v) is 16.5. The Balaban J connectivity index is 1.60. The van der Waals surface area contributed by atoms with Crippen molar-refractivity contribution in [3.63, 3.8) is 0 Å². The molecule has 8 heteroatoms. The van der Waals surface area contributed by atoms with Gasteiger partial charge in [0, 0.05) is 24.5 Å². The van der Waals surface area contributed by atoms with Gasteiger partial charge in [0.15, 0.2) is 5.82 Å². The Labute approximate surface area is 168 Å². The zero-order valence-electron chi connectivity index (χ0n) is 16.5. The number of methoxy groups -OCH3 is 1. The van der Waals surface area contributed by atoms with E-state index in [1.54, 1.807) is 25.4 Å². The molecule has 0 bridgehead atoms. The van der Waals surface area contributed by atoms with Gasteiger partial charge in [-0.3, -0.25) is 9.89 Å². The molecule has 1 N–H and O–H groups in total. The van der Waals surface area contributed by atoms with Crippen LogP contribution in [0.1, 0.15) is 47.3 Å². The standard InChI is InChI=1S/C21H23N5O3/c1-14-13-19(29-16-8-6-15(28-2)7-9-16)24-20(23-14)18-5-3-4-12-26(18)21(27)17-10-11-22-25-17/h6-11,13,18H,3-5,12H2,1-2H3,(H,22,25). The van der Waals surface area contributed by atoms with Crippen LogP contribution in [0.2, 0.25) is 0 Å². The van der Waals surface area contributed by atoms with Crippen LogP contribution in [-0.4, -0.2) is 44.6 Å². The van der Waals surface area contributed by atoms with Gasteiger partial charge in [0.2, 0.25) is 5.88 Å². The third-order valence-corrected chi connectivity index (χ3v) is 4.92. The molecule has 1 saturated heterocycles. The number of amides is 1. The summed E-state index contributed by atoms with van der Waals surface area (Å²) in [5, 5.41) is 6.64. The van der Waals surface area contributed by atoms with Gasteiger partial charge in [-0.2, -0.15) is 10.1 Å². The molecule has 150 valence electrons. The van der Waals surface area contributed by atoms with Crippen LogP contribution in [0, 0.1) is 6.92 Å². The van der Waals surface area contributed by atoms with Crippen LogP contribution < -0.4 is 9.47 Å². The van der Waals surface area contributed by atoms with Gasteiger partial charge < -0.3 is 14.4 Å². The number of nitrogens with one attached hydrogen (secondary N) is 1. The van der Waals surface area contributed by atoms with Gasteiger partial charge in [0.05, 0.1) is 13.2 Å². The van der Waals surface area contributed by atoms with E-state index in [0.717, 1.165) is 30.7 Å². The fourth-order valence-corrected chi connectivity index (χ4v) is 3.50. The van der Waals surface area contributed by atoms with E-state index in [-0.39, 0.29) is 11.9 Å². The van der Waals surface area contributed by atoms with E-state index in [2.05, 4.69) is 20.2 Å². The Bertz CT molecular complexity index is 972. The topological polar surface area (TPSA) is 93.2 Å². The van der Waals surface area contributed by atoms with Crippen molar-refractivity contribution in [3.05, 3.63) is 59.8 Å². The molecule has 0 radical (unpaired) electrons. The van der Waals surface area contributed by atoms with Gasteiger partial charge in [-0.1, -0.05) is 0 Å². The van der Waals surface area contributed by atoms with Crippen LogP contribution in [0.5, 0.6) is 17.4 Å². The first-order valence-corrected chi connectivity index (χ1v) is 9.62. The van der Waals surface area contributed by atoms with Crippen molar-refractivity contribution >= 4 is 5.91 Å². The summed E-state index contributed by atoms with van der Waals surface area (Å²) in [4.78, 5) is 24.0. The minimum Gasteiger partial charge on any atom is -0.497 e. The predicted molar refractivity (Wildman–Crippen MR) is 106 cm³/mol. The molecule has 8 nitrogen and oxygen atoms in total. The lowest BCUT2D eigenvalue weighted by atomic mass is 10.0. The summed E-state index contributed by atoms with van der Waals surface area (Å²) in [5.74, 6) is 2.38. The number of carbonyl (C=O) groups is 1. The minimum absolute atomic E-state index is 0.0880. The second-order valence-corrected chi connectivity index (χ2v) is 6.96. The lowest BCUT2D eigenvalue weighted by molar-refractivity contribution is 0.0592. The second kappa shape index (κ2) is 8.30. The number of ether oxygens (including phenoxy) is 2. The first-order chi connectivity index (χ1) is 14.1. The van der Waals surface area contributed by atoms with Gasteiger partial charge in [0.1, 0.15) is 17.2 Å². The maximum absolute atomic E-state index is 12.9. The molecule has 1 aliphatic rings. The largest absolute Gasteiger partial charge is 0.497 e. The normalized spacial score (nSPS) is 16.5. The van der Waals surface area contributed by atoms with E-state index in [9.17, 15) is 4.79 Å². The van der Waals surface area contributed by atoms with E-state index in [0.29, 0.717) is 29.7 Å². The molecule has 1 aromatic carbocycles. The molecule has 1 fully saturated rings. The lowest BCUT2D eigenvalue weighted by Gasteiger charge is -2.34. The highest BCUT2D eigenvalue weighted by Gasteiger charge is 2.31. The highest BCUT2D eigenvalue weighted by Crippen LogP contribution is 2.32. The second-order valence-electron chi connectivity index (χ2n) is 6.96. The molecule has 4 rings (SSSR count). The van der Waals surface area contributed by atoms with E-state index in [1.165, 1.54) is 0 Å². The summed E-state index contributed by atoms with van der Waals surface area (Å²) in [7, 11) is 1.62. The molecular formula is C21H23N5O3. The van der Waals surface area contributed by atoms with Crippen molar-refractivity contribution in [1.29, 1.82) is 0 Å². The summed E-state index contributed by atoms with van der Waals surface area (Å²) in [5.41, 5.74) is 1.26. The van der Waals surface area contributed by atoms with Crippen molar-refractivity contribution < 1.29 is 14.3 Å². The average molecular weight is 393 g/mol. The molecule has 1 amide bonds. The number of H-pyrrole nitrogens is 1. The van der Waals surface area contributed by atoms with Gasteiger partial charge in [-0.05, 0) is 56.5 Å². The van der Waals surface area contributed by atoms with Crippen molar-refractivity contribution in [2.75, 3.05) is 13.7 Å². The number of hydrogen-bond donors (Lipinski definition) is 1. The summed E-state index contributed by atoms with van der Waals surface area (Å²) in [6.07, 6.45) is 4.36. The zero-order chi connectivity index (χ0) is 20.2. The molecule has 0 spiro atoms. The van der Waals surface area contributed by atoms with Gasteiger partial charge in [-0.15, -0.1) is 0 Å². The van der Waals surface area contributed by atoms with Gasteiger partial charge in [0.25, 0.3) is 5.91 Å². The Kier molecular flexibility index (Phi) is 5.41. The smallest absolute Gasteiger partial charge is 0.272 e. The molecular weight excluding hydrogens is 370 g/mol. The van der Waals surface area contributed by atoms with E-state index in [1.807, 2.05) is 36.1 Å². The highest BCUT2D eigenvalue weighted by atomic mass is 16.5. The molecule has 3 aromatic rings. The number of nitrogens with zero attached hydrogens (tertiary/aromatic N) is 4. The fraction of sp³-hybridized carbons (Fsp3) is 0.333. The van der Waals surface area contributed by atoms with Crippen LogP contribution in [0.4, 0.5) is 0 Å². The molecule has 1 unspecified atom stereocenters. The minimum atomic E-state index is -0.197.